The maximum Gasteiger partial charge on any atom is 0.203 e. The van der Waals surface area contributed by atoms with Crippen LogP contribution in [0.4, 0.5) is 11.6 Å². The molecule has 0 amide bonds. The van der Waals surface area contributed by atoms with Gasteiger partial charge in [0, 0.05) is 0 Å². The van der Waals surface area contributed by atoms with Crippen molar-refractivity contribution in [1.82, 2.24) is 9.97 Å². The molecular formula is C10H12N4O2. The number of furan rings is 1. The normalized spacial score (nSPS) is 10.1. The van der Waals surface area contributed by atoms with E-state index in [4.69, 9.17) is 14.9 Å². The number of hydrogen-bond acceptors (Lipinski definition) is 6. The molecule has 16 heavy (non-hydrogen) atoms. The summed E-state index contributed by atoms with van der Waals surface area (Å²) in [6, 6.07) is 3.69. The van der Waals surface area contributed by atoms with Crippen molar-refractivity contribution < 1.29 is 9.15 Å². The van der Waals surface area contributed by atoms with E-state index in [0.717, 1.165) is 5.76 Å². The second-order valence-corrected chi connectivity index (χ2v) is 3.07. The molecule has 0 saturated carbocycles. The first-order valence-corrected chi connectivity index (χ1v) is 4.72. The first-order valence-electron chi connectivity index (χ1n) is 4.72. The third-order valence-corrected chi connectivity index (χ3v) is 2.05. The molecule has 0 aliphatic heterocycles. The molecule has 0 unspecified atom stereocenters. The van der Waals surface area contributed by atoms with E-state index in [2.05, 4.69) is 15.3 Å². The number of nitrogen functional groups attached to an aromatic ring is 1. The highest BCUT2D eigenvalue weighted by atomic mass is 16.5. The summed E-state index contributed by atoms with van der Waals surface area (Å²) in [5.74, 6) is 2.10. The third-order valence-electron chi connectivity index (χ3n) is 2.05. The average molecular weight is 220 g/mol. The summed E-state index contributed by atoms with van der Waals surface area (Å²) in [6.45, 7) is 0.514. The lowest BCUT2D eigenvalue weighted by Crippen LogP contribution is -2.05. The first-order chi connectivity index (χ1) is 7.81. The quantitative estimate of drug-likeness (QED) is 0.807. The molecule has 2 aromatic heterocycles. The Kier molecular flexibility index (Phi) is 2.90. The van der Waals surface area contributed by atoms with E-state index < -0.39 is 0 Å². The van der Waals surface area contributed by atoms with Crippen molar-refractivity contribution in [1.29, 1.82) is 0 Å². The number of nitrogens with zero attached hydrogens (tertiary/aromatic N) is 2. The molecule has 0 aliphatic rings. The second kappa shape index (κ2) is 4.52. The fourth-order valence-electron chi connectivity index (χ4n) is 1.30. The second-order valence-electron chi connectivity index (χ2n) is 3.07. The van der Waals surface area contributed by atoms with E-state index in [1.807, 2.05) is 12.1 Å². The Balaban J connectivity index is 2.12. The average Bonchev–Trinajstić information content (AvgIpc) is 2.79. The summed E-state index contributed by atoms with van der Waals surface area (Å²) in [5, 5.41) is 3.06. The molecule has 6 heteroatoms. The molecule has 2 heterocycles. The van der Waals surface area contributed by atoms with Crippen LogP contribution < -0.4 is 15.8 Å². The largest absolute Gasteiger partial charge is 0.490 e. The van der Waals surface area contributed by atoms with E-state index in [1.165, 1.54) is 13.4 Å². The van der Waals surface area contributed by atoms with Crippen molar-refractivity contribution in [2.24, 2.45) is 0 Å². The molecule has 0 bridgehead atoms. The van der Waals surface area contributed by atoms with Crippen LogP contribution in [0, 0.1) is 0 Å². The van der Waals surface area contributed by atoms with Gasteiger partial charge < -0.3 is 20.2 Å². The molecule has 84 valence electrons. The van der Waals surface area contributed by atoms with Gasteiger partial charge in [-0.05, 0) is 12.1 Å². The van der Waals surface area contributed by atoms with Gasteiger partial charge in [0.05, 0.1) is 19.9 Å². The number of methoxy groups -OCH3 is 1. The molecule has 0 atom stereocenters. The molecule has 0 aliphatic carbocycles. The zero-order valence-corrected chi connectivity index (χ0v) is 8.80. The third kappa shape index (κ3) is 2.05. The smallest absolute Gasteiger partial charge is 0.203 e. The van der Waals surface area contributed by atoms with Crippen LogP contribution in [0.3, 0.4) is 0 Å². The Morgan fingerprint density at radius 2 is 2.38 bits per heavy atom. The molecule has 6 nitrogen and oxygen atoms in total. The van der Waals surface area contributed by atoms with Crippen molar-refractivity contribution >= 4 is 11.6 Å². The summed E-state index contributed by atoms with van der Waals surface area (Å²) in [6.07, 6.45) is 2.99. The number of aromatic nitrogens is 2. The van der Waals surface area contributed by atoms with Gasteiger partial charge >= 0.3 is 0 Å². The van der Waals surface area contributed by atoms with Gasteiger partial charge in [-0.25, -0.2) is 9.97 Å². The van der Waals surface area contributed by atoms with Gasteiger partial charge in [0.2, 0.25) is 5.75 Å². The Morgan fingerprint density at radius 3 is 3.06 bits per heavy atom. The van der Waals surface area contributed by atoms with Crippen molar-refractivity contribution in [3.63, 3.8) is 0 Å². The molecule has 0 spiro atoms. The van der Waals surface area contributed by atoms with Crippen LogP contribution in [-0.2, 0) is 6.54 Å². The van der Waals surface area contributed by atoms with Gasteiger partial charge in [-0.1, -0.05) is 0 Å². The topological polar surface area (TPSA) is 86.2 Å². The van der Waals surface area contributed by atoms with E-state index in [-0.39, 0.29) is 0 Å². The molecule has 0 saturated heterocycles. The number of nitrogens with two attached hydrogens (primary N) is 1. The summed E-state index contributed by atoms with van der Waals surface area (Å²) in [7, 11) is 1.52. The predicted molar refractivity (Wildman–Crippen MR) is 59.0 cm³/mol. The van der Waals surface area contributed by atoms with E-state index in [9.17, 15) is 0 Å². The van der Waals surface area contributed by atoms with Crippen LogP contribution in [0.2, 0.25) is 0 Å². The zero-order chi connectivity index (χ0) is 11.4. The first kappa shape index (κ1) is 10.3. The Labute approximate surface area is 92.5 Å². The maximum absolute atomic E-state index is 5.64. The van der Waals surface area contributed by atoms with Crippen LogP contribution in [0.5, 0.6) is 5.75 Å². The monoisotopic (exact) mass is 220 g/mol. The summed E-state index contributed by atoms with van der Waals surface area (Å²) < 4.78 is 10.3. The number of rotatable bonds is 4. The summed E-state index contributed by atoms with van der Waals surface area (Å²) in [4.78, 5) is 7.87. The van der Waals surface area contributed by atoms with Crippen molar-refractivity contribution in [3.05, 3.63) is 30.5 Å². The molecule has 0 radical (unpaired) electrons. The maximum atomic E-state index is 5.64. The minimum absolute atomic E-state index is 0.305. The minimum atomic E-state index is 0.305. The van der Waals surface area contributed by atoms with Gasteiger partial charge in [-0.15, -0.1) is 0 Å². The SMILES string of the molecule is COc1c(N)ncnc1NCc1ccco1. The predicted octanol–water partition coefficient (Wildman–Crippen LogP) is 1.27. The summed E-state index contributed by atoms with van der Waals surface area (Å²) in [5.41, 5.74) is 5.64. The lowest BCUT2D eigenvalue weighted by molar-refractivity contribution is 0.415. The zero-order valence-electron chi connectivity index (χ0n) is 8.80. The van der Waals surface area contributed by atoms with Crippen LogP contribution in [0.15, 0.2) is 29.1 Å². The number of nitrogens with one attached hydrogen (secondary N) is 1. The van der Waals surface area contributed by atoms with E-state index in [1.54, 1.807) is 6.26 Å². The highest BCUT2D eigenvalue weighted by Gasteiger charge is 2.09. The van der Waals surface area contributed by atoms with Crippen LogP contribution >= 0.6 is 0 Å². The highest BCUT2D eigenvalue weighted by Crippen LogP contribution is 2.26. The molecule has 3 N–H and O–H groups in total. The highest BCUT2D eigenvalue weighted by molar-refractivity contribution is 5.61. The fourth-order valence-corrected chi connectivity index (χ4v) is 1.30. The molecule has 2 rings (SSSR count). The van der Waals surface area contributed by atoms with Crippen molar-refractivity contribution in [2.45, 2.75) is 6.54 Å². The van der Waals surface area contributed by atoms with Gasteiger partial charge in [-0.3, -0.25) is 0 Å². The van der Waals surface area contributed by atoms with E-state index in [0.29, 0.717) is 23.9 Å². The van der Waals surface area contributed by atoms with Gasteiger partial charge in [0.25, 0.3) is 0 Å². The Bertz CT molecular complexity index is 456. The molecule has 2 aromatic rings. The lowest BCUT2D eigenvalue weighted by atomic mass is 10.4. The Morgan fingerprint density at radius 1 is 1.50 bits per heavy atom. The van der Waals surface area contributed by atoms with E-state index >= 15 is 0 Å². The van der Waals surface area contributed by atoms with Crippen LogP contribution in [-0.4, -0.2) is 17.1 Å². The molecule has 0 aromatic carbocycles. The summed E-state index contributed by atoms with van der Waals surface area (Å²) >= 11 is 0. The standard InChI is InChI=1S/C10H12N4O2/c1-15-8-9(11)13-6-14-10(8)12-5-7-3-2-4-16-7/h2-4,6H,5H2,1H3,(H3,11,12,13,14). The van der Waals surface area contributed by atoms with Gasteiger partial charge in [0.15, 0.2) is 11.6 Å². The Hall–Kier alpha value is -2.24. The van der Waals surface area contributed by atoms with Crippen molar-refractivity contribution in [2.75, 3.05) is 18.2 Å². The minimum Gasteiger partial charge on any atom is -0.490 e. The van der Waals surface area contributed by atoms with Crippen LogP contribution in [0.1, 0.15) is 5.76 Å². The van der Waals surface area contributed by atoms with Gasteiger partial charge in [0.1, 0.15) is 12.1 Å². The number of anilines is 2. The van der Waals surface area contributed by atoms with Crippen molar-refractivity contribution in [3.8, 4) is 5.75 Å². The molecular weight excluding hydrogens is 208 g/mol. The van der Waals surface area contributed by atoms with Crippen LogP contribution in [0.25, 0.3) is 0 Å². The lowest BCUT2D eigenvalue weighted by Gasteiger charge is -2.09. The fraction of sp³-hybridized carbons (Fsp3) is 0.200. The van der Waals surface area contributed by atoms with Gasteiger partial charge in [-0.2, -0.15) is 0 Å². The molecule has 0 fully saturated rings. The number of ether oxygens (including phenoxy) is 1. The number of hydrogen-bond donors (Lipinski definition) is 2.